The topological polar surface area (TPSA) is 90.8 Å². The molecule has 0 aliphatic rings. The number of carbonyl (C=O) groups is 1. The van der Waals surface area contributed by atoms with Gasteiger partial charge in [-0.2, -0.15) is 10.2 Å². The number of hydrogen-bond donors (Lipinski definition) is 1. The van der Waals surface area contributed by atoms with Gasteiger partial charge in [0.1, 0.15) is 12.2 Å². The highest BCUT2D eigenvalue weighted by atomic mass is 19.3. The lowest BCUT2D eigenvalue weighted by Gasteiger charge is -2.08. The summed E-state index contributed by atoms with van der Waals surface area (Å²) in [5.41, 5.74) is 3.77. The van der Waals surface area contributed by atoms with Crippen LogP contribution in [0, 0.1) is 20.8 Å². The molecule has 0 unspecified atom stereocenters. The number of aryl methyl sites for hydroxylation is 3. The first-order valence-corrected chi connectivity index (χ1v) is 11.4. The molecule has 0 aliphatic carbocycles. The van der Waals surface area contributed by atoms with Crippen LogP contribution in [0.3, 0.4) is 0 Å². The molecule has 5 rings (SSSR count). The van der Waals surface area contributed by atoms with Gasteiger partial charge in [0.2, 0.25) is 5.91 Å². The third-order valence-corrected chi connectivity index (χ3v) is 6.04. The largest absolute Gasteiger partial charge is 0.463 e. The van der Waals surface area contributed by atoms with Crippen molar-refractivity contribution >= 4 is 22.8 Å². The van der Waals surface area contributed by atoms with E-state index in [0.717, 1.165) is 16.8 Å². The number of benzene rings is 1. The number of hydrogen-bond acceptors (Lipinski definition) is 5. The van der Waals surface area contributed by atoms with Gasteiger partial charge in [0, 0.05) is 17.3 Å². The van der Waals surface area contributed by atoms with E-state index < -0.39 is 12.3 Å². The molecular weight excluding hydrogens is 466 g/mol. The highest BCUT2D eigenvalue weighted by molar-refractivity contribution is 5.91. The van der Waals surface area contributed by atoms with Crippen molar-refractivity contribution in [1.29, 1.82) is 0 Å². The number of furan rings is 1. The van der Waals surface area contributed by atoms with Crippen molar-refractivity contribution in [1.82, 2.24) is 24.5 Å². The Kier molecular flexibility index (Phi) is 6.09. The second-order valence-electron chi connectivity index (χ2n) is 8.62. The molecule has 0 bridgehead atoms. The Bertz CT molecular complexity index is 1550. The van der Waals surface area contributed by atoms with Crippen LogP contribution in [0.5, 0.6) is 0 Å². The molecule has 36 heavy (non-hydrogen) atoms. The first-order chi connectivity index (χ1) is 17.3. The third kappa shape index (κ3) is 4.49. The maximum Gasteiger partial charge on any atom is 0.264 e. The summed E-state index contributed by atoms with van der Waals surface area (Å²) < 4.78 is 36.3. The van der Waals surface area contributed by atoms with Crippen LogP contribution < -0.4 is 5.32 Å². The average Bonchev–Trinajstić information content (AvgIpc) is 3.55. The lowest BCUT2D eigenvalue weighted by atomic mass is 10.1. The second-order valence-corrected chi connectivity index (χ2v) is 8.62. The number of rotatable bonds is 7. The minimum Gasteiger partial charge on any atom is -0.463 e. The molecule has 4 heterocycles. The molecule has 0 fully saturated rings. The Morgan fingerprint density at radius 2 is 1.86 bits per heavy atom. The number of pyridine rings is 1. The minimum absolute atomic E-state index is 0.188. The normalized spacial score (nSPS) is 11.5. The molecular formula is C26H24F2N6O2. The number of nitrogens with one attached hydrogen (secondary N) is 1. The summed E-state index contributed by atoms with van der Waals surface area (Å²) in [6.07, 6.45) is -1.30. The lowest BCUT2D eigenvalue weighted by Crippen LogP contribution is -2.20. The van der Waals surface area contributed by atoms with Gasteiger partial charge in [0.05, 0.1) is 23.9 Å². The molecule has 0 radical (unpaired) electrons. The van der Waals surface area contributed by atoms with Crippen LogP contribution in [0.25, 0.3) is 22.5 Å². The number of carbonyl (C=O) groups excluding carboxylic acids is 1. The van der Waals surface area contributed by atoms with Crippen molar-refractivity contribution in [2.24, 2.45) is 0 Å². The average molecular weight is 491 g/mol. The van der Waals surface area contributed by atoms with Gasteiger partial charge in [-0.15, -0.1) is 0 Å². The summed E-state index contributed by atoms with van der Waals surface area (Å²) in [7, 11) is 0. The Hall–Kier alpha value is -4.34. The molecule has 0 saturated heterocycles. The monoisotopic (exact) mass is 490 g/mol. The first-order valence-electron chi connectivity index (χ1n) is 11.4. The smallest absolute Gasteiger partial charge is 0.264 e. The van der Waals surface area contributed by atoms with E-state index in [-0.39, 0.29) is 28.8 Å². The van der Waals surface area contributed by atoms with Gasteiger partial charge in [-0.1, -0.05) is 24.3 Å². The van der Waals surface area contributed by atoms with Crippen LogP contribution in [-0.2, 0) is 17.9 Å². The van der Waals surface area contributed by atoms with E-state index >= 15 is 0 Å². The molecule has 184 valence electrons. The lowest BCUT2D eigenvalue weighted by molar-refractivity contribution is -0.116. The summed E-state index contributed by atoms with van der Waals surface area (Å²) >= 11 is 0. The van der Waals surface area contributed by atoms with Crippen molar-refractivity contribution in [3.05, 3.63) is 82.9 Å². The summed E-state index contributed by atoms with van der Waals surface area (Å²) in [6, 6.07) is 14.4. The van der Waals surface area contributed by atoms with Gasteiger partial charge in [-0.05, 0) is 50.1 Å². The van der Waals surface area contributed by atoms with E-state index in [1.165, 1.54) is 17.0 Å². The van der Waals surface area contributed by atoms with Gasteiger partial charge in [0.25, 0.3) is 6.43 Å². The van der Waals surface area contributed by atoms with Crippen LogP contribution in [0.4, 0.5) is 14.6 Å². The number of alkyl halides is 2. The zero-order valence-electron chi connectivity index (χ0n) is 20.0. The van der Waals surface area contributed by atoms with Gasteiger partial charge in [-0.25, -0.2) is 18.4 Å². The molecule has 0 saturated carbocycles. The second kappa shape index (κ2) is 9.37. The van der Waals surface area contributed by atoms with Crippen LogP contribution in [-0.4, -0.2) is 30.5 Å². The number of amides is 1. The molecule has 1 amide bonds. The van der Waals surface area contributed by atoms with Crippen LogP contribution in [0.15, 0.2) is 59.2 Å². The molecule has 1 aromatic carbocycles. The fraction of sp³-hybridized carbons (Fsp3) is 0.231. The minimum atomic E-state index is -2.74. The summed E-state index contributed by atoms with van der Waals surface area (Å²) in [6.45, 7) is 5.93. The fourth-order valence-electron chi connectivity index (χ4n) is 4.22. The van der Waals surface area contributed by atoms with Gasteiger partial charge >= 0.3 is 0 Å². The highest BCUT2D eigenvalue weighted by Gasteiger charge is 2.23. The number of halogens is 2. The van der Waals surface area contributed by atoms with E-state index in [9.17, 15) is 13.6 Å². The summed E-state index contributed by atoms with van der Waals surface area (Å²) in [5.74, 6) is 0.351. The van der Waals surface area contributed by atoms with Crippen LogP contribution in [0.1, 0.15) is 34.5 Å². The molecule has 4 aromatic heterocycles. The first kappa shape index (κ1) is 23.4. The van der Waals surface area contributed by atoms with E-state index in [2.05, 4.69) is 20.5 Å². The SMILES string of the molecule is Cc1ccccc1Cn1nc(NC(=O)Cn2nc(C)c3c(C(F)F)cc(-c4ccco4)nc32)cc1C. The fourth-order valence-corrected chi connectivity index (χ4v) is 4.22. The van der Waals surface area contributed by atoms with Crippen molar-refractivity contribution < 1.29 is 18.0 Å². The Morgan fingerprint density at radius 3 is 2.58 bits per heavy atom. The van der Waals surface area contributed by atoms with Crippen LogP contribution in [0.2, 0.25) is 0 Å². The van der Waals surface area contributed by atoms with Crippen molar-refractivity contribution in [2.75, 3.05) is 5.32 Å². The highest BCUT2D eigenvalue weighted by Crippen LogP contribution is 2.33. The van der Waals surface area contributed by atoms with E-state index in [1.807, 2.05) is 42.8 Å². The number of fused-ring (bicyclic) bond motifs is 1. The number of aromatic nitrogens is 5. The molecule has 0 atom stereocenters. The Morgan fingerprint density at radius 1 is 1.06 bits per heavy atom. The molecule has 5 aromatic rings. The predicted octanol–water partition coefficient (Wildman–Crippen LogP) is 5.44. The molecule has 0 aliphatic heterocycles. The Labute approximate surface area is 205 Å². The van der Waals surface area contributed by atoms with Crippen molar-refractivity contribution in [3.8, 4) is 11.5 Å². The maximum atomic E-state index is 13.9. The quantitative estimate of drug-likeness (QED) is 0.328. The third-order valence-electron chi connectivity index (χ3n) is 6.04. The zero-order chi connectivity index (χ0) is 25.4. The number of anilines is 1. The summed E-state index contributed by atoms with van der Waals surface area (Å²) in [5, 5.41) is 11.8. The van der Waals surface area contributed by atoms with E-state index in [4.69, 9.17) is 4.42 Å². The van der Waals surface area contributed by atoms with Gasteiger partial charge in [0.15, 0.2) is 17.2 Å². The molecule has 1 N–H and O–H groups in total. The summed E-state index contributed by atoms with van der Waals surface area (Å²) in [4.78, 5) is 17.4. The van der Waals surface area contributed by atoms with Crippen molar-refractivity contribution in [2.45, 2.75) is 40.3 Å². The van der Waals surface area contributed by atoms with Crippen molar-refractivity contribution in [3.63, 3.8) is 0 Å². The van der Waals surface area contributed by atoms with E-state index in [0.29, 0.717) is 23.8 Å². The molecule has 8 nitrogen and oxygen atoms in total. The maximum absolute atomic E-state index is 13.9. The Balaban J connectivity index is 1.40. The zero-order valence-corrected chi connectivity index (χ0v) is 20.0. The van der Waals surface area contributed by atoms with Gasteiger partial charge < -0.3 is 9.73 Å². The standard InChI is InChI=1S/C26H24F2N6O2/c1-15-7-4-5-8-18(15)13-33-16(2)11-22(32-33)30-23(35)14-34-26-24(17(3)31-34)19(25(27)28)12-20(29-26)21-9-6-10-36-21/h4-12,25H,13-14H2,1-3H3,(H,30,32,35). The molecule has 0 spiro atoms. The van der Waals surface area contributed by atoms with E-state index in [1.54, 1.807) is 25.1 Å². The predicted molar refractivity (Wildman–Crippen MR) is 131 cm³/mol. The molecule has 10 heteroatoms. The number of nitrogens with zero attached hydrogens (tertiary/aromatic N) is 5. The van der Waals surface area contributed by atoms with Crippen LogP contribution >= 0.6 is 0 Å². The van der Waals surface area contributed by atoms with Gasteiger partial charge in [-0.3, -0.25) is 9.48 Å².